The minimum absolute atomic E-state index is 0.141. The van der Waals surface area contributed by atoms with Crippen molar-refractivity contribution in [1.82, 2.24) is 0 Å². The molecule has 6 heteroatoms. The Hall–Kier alpha value is -2.24. The van der Waals surface area contributed by atoms with Gasteiger partial charge in [-0.2, -0.15) is 0 Å². The molecular formula is C10H10O6. The summed E-state index contributed by atoms with van der Waals surface area (Å²) in [5.74, 6) is -3.02. The summed E-state index contributed by atoms with van der Waals surface area (Å²) in [6.07, 6.45) is 0. The lowest BCUT2D eigenvalue weighted by Crippen LogP contribution is -2.07. The van der Waals surface area contributed by atoms with Crippen LogP contribution in [-0.2, 0) is 9.59 Å². The lowest BCUT2D eigenvalue weighted by atomic mass is 10.2. The maximum Gasteiger partial charge on any atom is 0.308 e. The molecule has 1 aromatic carbocycles. The Labute approximate surface area is 91.0 Å². The van der Waals surface area contributed by atoms with Crippen LogP contribution in [0, 0.1) is 0 Å². The molecule has 6 nitrogen and oxygen atoms in total. The number of carbonyl (C=O) groups is 2. The van der Waals surface area contributed by atoms with Gasteiger partial charge >= 0.3 is 11.9 Å². The summed E-state index contributed by atoms with van der Waals surface area (Å²) >= 11 is 0. The Morgan fingerprint density at radius 2 is 1.62 bits per heavy atom. The number of carbonyl (C=O) groups excluding carboxylic acids is 2. The van der Waals surface area contributed by atoms with E-state index in [0.29, 0.717) is 0 Å². The zero-order valence-electron chi connectivity index (χ0n) is 8.68. The van der Waals surface area contributed by atoms with E-state index in [9.17, 15) is 19.8 Å². The SMILES string of the molecule is CC(=O)Oc1ccc(O)c(O)c1OC(C)=O. The van der Waals surface area contributed by atoms with E-state index in [1.54, 1.807) is 0 Å². The smallest absolute Gasteiger partial charge is 0.308 e. The average molecular weight is 226 g/mol. The van der Waals surface area contributed by atoms with Crippen LogP contribution in [0.4, 0.5) is 0 Å². The average Bonchev–Trinajstić information content (AvgIpc) is 2.16. The number of phenols is 2. The summed E-state index contributed by atoms with van der Waals surface area (Å²) < 4.78 is 9.33. The zero-order valence-corrected chi connectivity index (χ0v) is 8.68. The van der Waals surface area contributed by atoms with Gasteiger partial charge in [-0.1, -0.05) is 0 Å². The molecule has 0 saturated heterocycles. The molecule has 0 aromatic heterocycles. The molecule has 1 aromatic rings. The van der Waals surface area contributed by atoms with Gasteiger partial charge in [-0.3, -0.25) is 9.59 Å². The Balaban J connectivity index is 3.20. The second-order valence-electron chi connectivity index (χ2n) is 2.95. The highest BCUT2D eigenvalue weighted by Gasteiger charge is 2.18. The monoisotopic (exact) mass is 226 g/mol. The Bertz CT molecular complexity index is 437. The number of rotatable bonds is 2. The Morgan fingerprint density at radius 3 is 2.12 bits per heavy atom. The molecule has 86 valence electrons. The van der Waals surface area contributed by atoms with Crippen LogP contribution in [0.2, 0.25) is 0 Å². The lowest BCUT2D eigenvalue weighted by Gasteiger charge is -2.10. The molecule has 0 fully saturated rings. The topological polar surface area (TPSA) is 93.1 Å². The number of hydrogen-bond donors (Lipinski definition) is 2. The molecule has 0 unspecified atom stereocenters. The summed E-state index contributed by atoms with van der Waals surface area (Å²) in [5.41, 5.74) is 0. The van der Waals surface area contributed by atoms with E-state index >= 15 is 0 Å². The zero-order chi connectivity index (χ0) is 12.3. The van der Waals surface area contributed by atoms with Crippen LogP contribution in [0.25, 0.3) is 0 Å². The van der Waals surface area contributed by atoms with E-state index in [2.05, 4.69) is 4.74 Å². The van der Waals surface area contributed by atoms with Crippen LogP contribution in [0.3, 0.4) is 0 Å². The van der Waals surface area contributed by atoms with Crippen molar-refractivity contribution in [2.24, 2.45) is 0 Å². The molecule has 0 atom stereocenters. The fraction of sp³-hybridized carbons (Fsp3) is 0.200. The molecule has 16 heavy (non-hydrogen) atoms. The lowest BCUT2D eigenvalue weighted by molar-refractivity contribution is -0.134. The molecule has 0 amide bonds. The van der Waals surface area contributed by atoms with Gasteiger partial charge in [-0.05, 0) is 12.1 Å². The van der Waals surface area contributed by atoms with Crippen molar-refractivity contribution in [1.29, 1.82) is 0 Å². The van der Waals surface area contributed by atoms with Crippen molar-refractivity contribution in [3.8, 4) is 23.0 Å². The quantitative estimate of drug-likeness (QED) is 0.443. The third-order valence-electron chi connectivity index (χ3n) is 1.57. The number of phenolic OH excluding ortho intramolecular Hbond substituents is 2. The highest BCUT2D eigenvalue weighted by molar-refractivity contribution is 5.76. The van der Waals surface area contributed by atoms with Gasteiger partial charge in [0.15, 0.2) is 11.5 Å². The molecular weight excluding hydrogens is 216 g/mol. The number of hydrogen-bond acceptors (Lipinski definition) is 6. The fourth-order valence-electron chi connectivity index (χ4n) is 1.02. The highest BCUT2D eigenvalue weighted by Crippen LogP contribution is 2.42. The first-order valence-corrected chi connectivity index (χ1v) is 4.33. The number of benzene rings is 1. The summed E-state index contributed by atoms with van der Waals surface area (Å²) in [6.45, 7) is 2.27. The van der Waals surface area contributed by atoms with Gasteiger partial charge < -0.3 is 19.7 Å². The molecule has 0 heterocycles. The van der Waals surface area contributed by atoms with E-state index in [0.717, 1.165) is 19.9 Å². The minimum atomic E-state index is -0.714. The summed E-state index contributed by atoms with van der Waals surface area (Å²) in [5, 5.41) is 18.6. The number of esters is 2. The third-order valence-corrected chi connectivity index (χ3v) is 1.57. The highest BCUT2D eigenvalue weighted by atomic mass is 16.6. The van der Waals surface area contributed by atoms with Crippen molar-refractivity contribution in [3.63, 3.8) is 0 Å². The van der Waals surface area contributed by atoms with Gasteiger partial charge in [-0.15, -0.1) is 0 Å². The molecule has 0 spiro atoms. The molecule has 0 aliphatic carbocycles. The maximum atomic E-state index is 10.8. The van der Waals surface area contributed by atoms with Crippen LogP contribution in [0.5, 0.6) is 23.0 Å². The Morgan fingerprint density at radius 1 is 1.06 bits per heavy atom. The van der Waals surface area contributed by atoms with Crippen molar-refractivity contribution >= 4 is 11.9 Å². The van der Waals surface area contributed by atoms with Crippen molar-refractivity contribution in [3.05, 3.63) is 12.1 Å². The largest absolute Gasteiger partial charge is 0.504 e. The van der Waals surface area contributed by atoms with Gasteiger partial charge in [0, 0.05) is 13.8 Å². The van der Waals surface area contributed by atoms with Crippen molar-refractivity contribution in [2.45, 2.75) is 13.8 Å². The van der Waals surface area contributed by atoms with Crippen molar-refractivity contribution in [2.75, 3.05) is 0 Å². The van der Waals surface area contributed by atoms with Crippen LogP contribution < -0.4 is 9.47 Å². The predicted molar refractivity (Wildman–Crippen MR) is 52.4 cm³/mol. The summed E-state index contributed by atoms with van der Waals surface area (Å²) in [7, 11) is 0. The molecule has 0 saturated carbocycles. The first kappa shape index (κ1) is 11.8. The maximum absolute atomic E-state index is 10.8. The van der Waals surface area contributed by atoms with Gasteiger partial charge in [0.2, 0.25) is 11.5 Å². The van der Waals surface area contributed by atoms with Crippen molar-refractivity contribution < 1.29 is 29.3 Å². The number of ether oxygens (including phenoxy) is 2. The van der Waals surface area contributed by atoms with Gasteiger partial charge in [-0.25, -0.2) is 0 Å². The van der Waals surface area contributed by atoms with E-state index in [-0.39, 0.29) is 11.5 Å². The van der Waals surface area contributed by atoms with Crippen LogP contribution >= 0.6 is 0 Å². The molecule has 0 aliphatic heterocycles. The Kier molecular flexibility index (Phi) is 3.34. The van der Waals surface area contributed by atoms with Crippen LogP contribution in [-0.4, -0.2) is 22.2 Å². The minimum Gasteiger partial charge on any atom is -0.504 e. The summed E-state index contributed by atoms with van der Waals surface area (Å²) in [6, 6.07) is 2.31. The van der Waals surface area contributed by atoms with E-state index < -0.39 is 23.4 Å². The van der Waals surface area contributed by atoms with E-state index in [4.69, 9.17) is 4.74 Å². The van der Waals surface area contributed by atoms with Gasteiger partial charge in [0.1, 0.15) is 0 Å². The third kappa shape index (κ3) is 2.63. The van der Waals surface area contributed by atoms with Gasteiger partial charge in [0.05, 0.1) is 0 Å². The standard InChI is InChI=1S/C10H10O6/c1-5(11)15-8-4-3-7(13)9(14)10(8)16-6(2)12/h3-4,13-14H,1-2H3. The van der Waals surface area contributed by atoms with Gasteiger partial charge in [0.25, 0.3) is 0 Å². The van der Waals surface area contributed by atoms with E-state index in [1.165, 1.54) is 6.07 Å². The fourth-order valence-corrected chi connectivity index (χ4v) is 1.02. The molecule has 1 rings (SSSR count). The second-order valence-corrected chi connectivity index (χ2v) is 2.95. The second kappa shape index (κ2) is 4.52. The first-order chi connectivity index (χ1) is 7.41. The normalized spacial score (nSPS) is 9.62. The molecule has 0 aliphatic rings. The van der Waals surface area contributed by atoms with E-state index in [1.807, 2.05) is 0 Å². The number of aromatic hydroxyl groups is 2. The van der Waals surface area contributed by atoms with Crippen LogP contribution in [0.1, 0.15) is 13.8 Å². The first-order valence-electron chi connectivity index (χ1n) is 4.33. The molecule has 2 N–H and O–H groups in total. The molecule has 0 bridgehead atoms. The molecule has 0 radical (unpaired) electrons. The predicted octanol–water partition coefficient (Wildman–Crippen LogP) is 0.948. The van der Waals surface area contributed by atoms with Crippen LogP contribution in [0.15, 0.2) is 12.1 Å². The summed E-state index contributed by atoms with van der Waals surface area (Å²) in [4.78, 5) is 21.5.